The van der Waals surface area contributed by atoms with Crippen molar-refractivity contribution in [1.29, 1.82) is 0 Å². The highest BCUT2D eigenvalue weighted by atomic mass is 28.4. The number of aldehydes is 1. The molecule has 3 N–H and O–H groups in total. The van der Waals surface area contributed by atoms with Crippen molar-refractivity contribution in [3.63, 3.8) is 0 Å². The first-order valence-corrected chi connectivity index (χ1v) is 14.4. The molecule has 0 aliphatic heterocycles. The Bertz CT molecular complexity index is 714. The molecule has 1 aromatic carbocycles. The van der Waals surface area contributed by atoms with Crippen molar-refractivity contribution in [2.75, 3.05) is 6.54 Å². The third kappa shape index (κ3) is 9.92. The molecule has 0 radical (unpaired) electrons. The van der Waals surface area contributed by atoms with E-state index in [4.69, 9.17) is 10.2 Å². The largest absolute Gasteiger partial charge is 0.412 e. The maximum absolute atomic E-state index is 14.2. The van der Waals surface area contributed by atoms with Gasteiger partial charge in [0.25, 0.3) is 0 Å². The molecular formula is C25H43FN2O3Si. The zero-order chi connectivity index (χ0) is 24.6. The summed E-state index contributed by atoms with van der Waals surface area (Å²) in [5, 5.41) is 2.62. The van der Waals surface area contributed by atoms with Crippen LogP contribution < -0.4 is 11.1 Å². The summed E-state index contributed by atoms with van der Waals surface area (Å²) in [5.74, 6) is -0.737. The number of benzene rings is 1. The smallest absolute Gasteiger partial charge is 0.223 e. The molecule has 0 saturated carbocycles. The van der Waals surface area contributed by atoms with Gasteiger partial charge < -0.3 is 20.3 Å². The van der Waals surface area contributed by atoms with Crippen LogP contribution in [0.4, 0.5) is 4.39 Å². The van der Waals surface area contributed by atoms with Gasteiger partial charge in [-0.2, -0.15) is 0 Å². The van der Waals surface area contributed by atoms with E-state index >= 15 is 0 Å². The van der Waals surface area contributed by atoms with E-state index in [1.165, 1.54) is 13.8 Å². The zero-order valence-electron chi connectivity index (χ0n) is 20.9. The lowest BCUT2D eigenvalue weighted by molar-refractivity contribution is -0.127. The maximum atomic E-state index is 14.2. The highest BCUT2D eigenvalue weighted by molar-refractivity contribution is 6.74. The van der Waals surface area contributed by atoms with Crippen LogP contribution in [0.15, 0.2) is 30.3 Å². The van der Waals surface area contributed by atoms with Crippen LogP contribution in [0, 0.1) is 5.92 Å². The third-order valence-electron chi connectivity index (χ3n) is 6.38. The monoisotopic (exact) mass is 466 g/mol. The molecule has 0 fully saturated rings. The molecule has 0 saturated heterocycles. The van der Waals surface area contributed by atoms with Crippen LogP contribution >= 0.6 is 0 Å². The number of amides is 1. The molecule has 5 nitrogen and oxygen atoms in total. The topological polar surface area (TPSA) is 81.4 Å². The van der Waals surface area contributed by atoms with E-state index < -0.39 is 19.9 Å². The fraction of sp³-hybridized carbons (Fsp3) is 0.680. The molecule has 0 aromatic heterocycles. The Morgan fingerprint density at radius 3 is 2.28 bits per heavy atom. The van der Waals surface area contributed by atoms with E-state index in [2.05, 4.69) is 39.2 Å². The van der Waals surface area contributed by atoms with E-state index in [0.29, 0.717) is 25.5 Å². The summed E-state index contributed by atoms with van der Waals surface area (Å²) in [5.41, 5.74) is 6.39. The predicted molar refractivity (Wildman–Crippen MR) is 132 cm³/mol. The second-order valence-electron chi connectivity index (χ2n) is 10.9. The first-order chi connectivity index (χ1) is 14.7. The Balaban J connectivity index is 3.15. The second kappa shape index (κ2) is 12.0. The first kappa shape index (κ1) is 28.5. The summed E-state index contributed by atoms with van der Waals surface area (Å²) in [6, 6.07) is 9.67. The number of hydrogen-bond acceptors (Lipinski definition) is 4. The van der Waals surface area contributed by atoms with Crippen molar-refractivity contribution in [2.24, 2.45) is 11.7 Å². The second-order valence-corrected chi connectivity index (χ2v) is 15.6. The third-order valence-corrected chi connectivity index (χ3v) is 10.9. The van der Waals surface area contributed by atoms with Gasteiger partial charge in [0.2, 0.25) is 5.91 Å². The molecule has 1 aromatic rings. The SMILES string of the molecule is CC(C)(F)CCC(CC(O[Si](C)(C)C(C)(C)C)C(N)Cc1ccccc1)C(=O)NCC=O. The summed E-state index contributed by atoms with van der Waals surface area (Å²) in [6.07, 6.45) is 1.92. The Hall–Kier alpha value is -1.57. The Morgan fingerprint density at radius 2 is 1.78 bits per heavy atom. The number of alkyl halides is 1. The summed E-state index contributed by atoms with van der Waals surface area (Å²) >= 11 is 0. The van der Waals surface area contributed by atoms with Crippen LogP contribution in [-0.2, 0) is 20.4 Å². The molecule has 3 atom stereocenters. The van der Waals surface area contributed by atoms with Crippen LogP contribution in [0.3, 0.4) is 0 Å². The number of halogens is 1. The molecule has 0 spiro atoms. The number of nitrogens with two attached hydrogens (primary N) is 1. The van der Waals surface area contributed by atoms with Gasteiger partial charge in [-0.1, -0.05) is 51.1 Å². The summed E-state index contributed by atoms with van der Waals surface area (Å²) in [7, 11) is -2.18. The first-order valence-electron chi connectivity index (χ1n) is 11.5. The maximum Gasteiger partial charge on any atom is 0.223 e. The number of rotatable bonds is 13. The predicted octanol–water partition coefficient (Wildman–Crippen LogP) is 4.80. The lowest BCUT2D eigenvalue weighted by atomic mass is 9.88. The van der Waals surface area contributed by atoms with Gasteiger partial charge >= 0.3 is 0 Å². The summed E-state index contributed by atoms with van der Waals surface area (Å²) < 4.78 is 21.0. The molecule has 0 heterocycles. The highest BCUT2D eigenvalue weighted by Gasteiger charge is 2.41. The number of hydrogen-bond donors (Lipinski definition) is 2. The zero-order valence-corrected chi connectivity index (χ0v) is 21.9. The average molecular weight is 467 g/mol. The van der Waals surface area contributed by atoms with Crippen LogP contribution in [0.2, 0.25) is 18.1 Å². The minimum absolute atomic E-state index is 0.0199. The molecule has 3 unspecified atom stereocenters. The average Bonchev–Trinajstić information content (AvgIpc) is 2.67. The van der Waals surface area contributed by atoms with Crippen molar-refractivity contribution in [1.82, 2.24) is 5.32 Å². The Morgan fingerprint density at radius 1 is 1.19 bits per heavy atom. The normalized spacial score (nSPS) is 15.7. The van der Waals surface area contributed by atoms with Crippen LogP contribution in [-0.4, -0.2) is 44.9 Å². The molecule has 1 amide bonds. The number of carbonyl (C=O) groups excluding carboxylic acids is 2. The van der Waals surface area contributed by atoms with E-state index in [1.54, 1.807) is 0 Å². The molecule has 1 rings (SSSR count). The van der Waals surface area contributed by atoms with Gasteiger partial charge in [0.1, 0.15) is 12.0 Å². The Labute approximate surface area is 194 Å². The van der Waals surface area contributed by atoms with Crippen LogP contribution in [0.25, 0.3) is 0 Å². The van der Waals surface area contributed by atoms with E-state index in [0.717, 1.165) is 5.56 Å². The van der Waals surface area contributed by atoms with Gasteiger partial charge in [-0.15, -0.1) is 0 Å². The van der Waals surface area contributed by atoms with Crippen molar-refractivity contribution in [3.05, 3.63) is 35.9 Å². The molecule has 0 aliphatic carbocycles. The summed E-state index contributed by atoms with van der Waals surface area (Å²) in [4.78, 5) is 23.6. The van der Waals surface area contributed by atoms with Gasteiger partial charge in [0, 0.05) is 12.0 Å². The van der Waals surface area contributed by atoms with Gasteiger partial charge in [-0.3, -0.25) is 4.79 Å². The van der Waals surface area contributed by atoms with E-state index in [1.807, 2.05) is 30.3 Å². The van der Waals surface area contributed by atoms with Gasteiger partial charge in [-0.05, 0) is 63.2 Å². The molecule has 182 valence electrons. The molecular weight excluding hydrogens is 423 g/mol. The van der Waals surface area contributed by atoms with Crippen molar-refractivity contribution < 1.29 is 18.4 Å². The lowest BCUT2D eigenvalue weighted by Gasteiger charge is -2.41. The number of nitrogens with one attached hydrogen (secondary N) is 1. The molecule has 7 heteroatoms. The van der Waals surface area contributed by atoms with Crippen molar-refractivity contribution in [3.8, 4) is 0 Å². The quantitative estimate of drug-likeness (QED) is 0.323. The molecule has 0 aliphatic rings. The highest BCUT2D eigenvalue weighted by Crippen LogP contribution is 2.39. The van der Waals surface area contributed by atoms with E-state index in [9.17, 15) is 14.0 Å². The number of carbonyl (C=O) groups is 2. The van der Waals surface area contributed by atoms with Gasteiger partial charge in [0.05, 0.1) is 12.6 Å². The fourth-order valence-corrected chi connectivity index (χ4v) is 4.71. The molecule has 0 bridgehead atoms. The molecule has 32 heavy (non-hydrogen) atoms. The Kier molecular flexibility index (Phi) is 10.7. The van der Waals surface area contributed by atoms with Crippen molar-refractivity contribution >= 4 is 20.5 Å². The standard InChI is InChI=1S/C25H43FN2O3Si/c1-24(2,3)32(6,7)31-22(21(27)17-19-11-9-8-10-12-19)18-20(13-14-25(4,5)26)23(30)28-15-16-29/h8-12,16,20-22H,13-15,17-18,27H2,1-7H3,(H,28,30). The minimum atomic E-state index is -2.18. The fourth-order valence-electron chi connectivity index (χ4n) is 3.32. The van der Waals surface area contributed by atoms with Gasteiger partial charge in [-0.25, -0.2) is 4.39 Å². The lowest BCUT2D eigenvalue weighted by Crippen LogP contribution is -2.51. The van der Waals surface area contributed by atoms with Crippen LogP contribution in [0.5, 0.6) is 0 Å². The summed E-state index contributed by atoms with van der Waals surface area (Å²) in [6.45, 7) is 13.8. The minimum Gasteiger partial charge on any atom is -0.412 e. The van der Waals surface area contributed by atoms with Crippen molar-refractivity contribution in [2.45, 2.75) is 96.2 Å². The van der Waals surface area contributed by atoms with Crippen LogP contribution in [0.1, 0.15) is 59.4 Å². The van der Waals surface area contributed by atoms with E-state index in [-0.39, 0.29) is 36.1 Å². The van der Waals surface area contributed by atoms with Gasteiger partial charge in [0.15, 0.2) is 8.32 Å².